The van der Waals surface area contributed by atoms with Gasteiger partial charge in [0.15, 0.2) is 0 Å². The molecular formula is C13H21N3O. The van der Waals surface area contributed by atoms with Crippen molar-refractivity contribution in [1.82, 2.24) is 10.3 Å². The van der Waals surface area contributed by atoms with Crippen LogP contribution in [0.3, 0.4) is 0 Å². The summed E-state index contributed by atoms with van der Waals surface area (Å²) in [6.07, 6.45) is 4.22. The minimum atomic E-state index is 0.391. The summed E-state index contributed by atoms with van der Waals surface area (Å²) in [5, 5.41) is 6.88. The zero-order chi connectivity index (χ0) is 12.1. The van der Waals surface area contributed by atoms with E-state index >= 15 is 0 Å². The van der Waals surface area contributed by atoms with Crippen LogP contribution in [0.15, 0.2) is 18.3 Å². The van der Waals surface area contributed by atoms with Crippen molar-refractivity contribution in [3.63, 3.8) is 0 Å². The molecule has 2 heterocycles. The molecule has 0 radical (unpaired) electrons. The van der Waals surface area contributed by atoms with Crippen molar-refractivity contribution in [3.05, 3.63) is 18.3 Å². The number of aromatic nitrogens is 1. The third-order valence-corrected chi connectivity index (χ3v) is 3.47. The zero-order valence-corrected chi connectivity index (χ0v) is 10.6. The standard InChI is InChI=1S/C13H21N3O/c1-13(4-7-14-8-5-13)10-16-11-3-6-15-12(9-11)17-2/h3,6,9,14H,4-5,7-8,10H2,1-2H3,(H,15,16). The third-order valence-electron chi connectivity index (χ3n) is 3.47. The Morgan fingerprint density at radius 2 is 2.24 bits per heavy atom. The van der Waals surface area contributed by atoms with Crippen molar-refractivity contribution in [1.29, 1.82) is 0 Å². The van der Waals surface area contributed by atoms with E-state index in [1.807, 2.05) is 12.1 Å². The number of nitrogens with zero attached hydrogens (tertiary/aromatic N) is 1. The molecule has 4 nitrogen and oxygen atoms in total. The fourth-order valence-corrected chi connectivity index (χ4v) is 2.15. The van der Waals surface area contributed by atoms with Crippen molar-refractivity contribution in [2.75, 3.05) is 32.1 Å². The molecule has 17 heavy (non-hydrogen) atoms. The average molecular weight is 235 g/mol. The predicted octanol–water partition coefficient (Wildman–Crippen LogP) is 1.89. The third kappa shape index (κ3) is 3.33. The molecule has 1 aliphatic rings. The first kappa shape index (κ1) is 12.2. The highest BCUT2D eigenvalue weighted by Gasteiger charge is 2.26. The van der Waals surface area contributed by atoms with E-state index in [9.17, 15) is 0 Å². The van der Waals surface area contributed by atoms with Gasteiger partial charge in [0, 0.05) is 24.5 Å². The van der Waals surface area contributed by atoms with Gasteiger partial charge in [-0.3, -0.25) is 0 Å². The molecule has 0 aliphatic carbocycles. The first-order chi connectivity index (χ1) is 8.22. The van der Waals surface area contributed by atoms with E-state index in [4.69, 9.17) is 4.74 Å². The van der Waals surface area contributed by atoms with Gasteiger partial charge in [-0.05, 0) is 37.4 Å². The molecule has 1 aromatic heterocycles. The van der Waals surface area contributed by atoms with Gasteiger partial charge in [0.2, 0.25) is 5.88 Å². The molecule has 0 amide bonds. The summed E-state index contributed by atoms with van der Waals surface area (Å²) in [6.45, 7) is 5.59. The van der Waals surface area contributed by atoms with Crippen LogP contribution in [0.25, 0.3) is 0 Å². The summed E-state index contributed by atoms with van der Waals surface area (Å²) in [7, 11) is 1.64. The zero-order valence-electron chi connectivity index (χ0n) is 10.6. The molecule has 2 rings (SSSR count). The van der Waals surface area contributed by atoms with Gasteiger partial charge in [0.1, 0.15) is 0 Å². The maximum atomic E-state index is 5.11. The number of pyridine rings is 1. The second kappa shape index (κ2) is 5.36. The predicted molar refractivity (Wildman–Crippen MR) is 69.5 cm³/mol. The highest BCUT2D eigenvalue weighted by molar-refractivity contribution is 5.45. The van der Waals surface area contributed by atoms with Gasteiger partial charge in [0.25, 0.3) is 0 Å². The first-order valence-corrected chi connectivity index (χ1v) is 6.16. The van der Waals surface area contributed by atoms with E-state index in [-0.39, 0.29) is 0 Å². The van der Waals surface area contributed by atoms with Crippen LogP contribution in [0.2, 0.25) is 0 Å². The van der Waals surface area contributed by atoms with Gasteiger partial charge < -0.3 is 15.4 Å². The van der Waals surface area contributed by atoms with Crippen LogP contribution >= 0.6 is 0 Å². The maximum Gasteiger partial charge on any atom is 0.214 e. The van der Waals surface area contributed by atoms with Crippen molar-refractivity contribution < 1.29 is 4.74 Å². The minimum absolute atomic E-state index is 0.391. The quantitative estimate of drug-likeness (QED) is 0.836. The molecule has 94 valence electrons. The lowest BCUT2D eigenvalue weighted by Crippen LogP contribution is -2.39. The molecule has 2 N–H and O–H groups in total. The van der Waals surface area contributed by atoms with E-state index in [0.29, 0.717) is 11.3 Å². The number of hydrogen-bond donors (Lipinski definition) is 2. The highest BCUT2D eigenvalue weighted by Crippen LogP contribution is 2.28. The monoisotopic (exact) mass is 235 g/mol. The maximum absolute atomic E-state index is 5.11. The summed E-state index contributed by atoms with van der Waals surface area (Å²) in [6, 6.07) is 3.91. The fourth-order valence-electron chi connectivity index (χ4n) is 2.15. The number of anilines is 1. The van der Waals surface area contributed by atoms with Crippen molar-refractivity contribution in [3.8, 4) is 5.88 Å². The number of nitrogens with one attached hydrogen (secondary N) is 2. The Labute approximate surface area is 103 Å². The Bertz CT molecular complexity index is 361. The number of hydrogen-bond acceptors (Lipinski definition) is 4. The summed E-state index contributed by atoms with van der Waals surface area (Å²) < 4.78 is 5.11. The normalized spacial score (nSPS) is 18.7. The Balaban J connectivity index is 1.92. The lowest BCUT2D eigenvalue weighted by atomic mass is 9.81. The van der Waals surface area contributed by atoms with Crippen LogP contribution in [-0.4, -0.2) is 31.7 Å². The van der Waals surface area contributed by atoms with Crippen LogP contribution in [0.4, 0.5) is 5.69 Å². The lowest BCUT2D eigenvalue weighted by Gasteiger charge is -2.34. The second-order valence-electron chi connectivity index (χ2n) is 5.00. The fraction of sp³-hybridized carbons (Fsp3) is 0.615. The molecule has 1 aliphatic heterocycles. The second-order valence-corrected chi connectivity index (χ2v) is 5.00. The van der Waals surface area contributed by atoms with E-state index in [2.05, 4.69) is 22.5 Å². The van der Waals surface area contributed by atoms with E-state index in [0.717, 1.165) is 25.3 Å². The summed E-state index contributed by atoms with van der Waals surface area (Å²) in [4.78, 5) is 4.10. The molecule has 0 spiro atoms. The Kier molecular flexibility index (Phi) is 3.84. The van der Waals surface area contributed by atoms with Crippen molar-refractivity contribution in [2.24, 2.45) is 5.41 Å². The van der Waals surface area contributed by atoms with E-state index in [1.54, 1.807) is 13.3 Å². The van der Waals surface area contributed by atoms with Gasteiger partial charge in [-0.25, -0.2) is 4.98 Å². The Morgan fingerprint density at radius 1 is 1.47 bits per heavy atom. The number of ether oxygens (including phenoxy) is 1. The molecule has 0 unspecified atom stereocenters. The van der Waals surface area contributed by atoms with Crippen LogP contribution in [0, 0.1) is 5.41 Å². The summed E-state index contributed by atoms with van der Waals surface area (Å²) in [5.41, 5.74) is 1.47. The Hall–Kier alpha value is -1.29. The molecule has 4 heteroatoms. The molecule has 1 aromatic rings. The van der Waals surface area contributed by atoms with Gasteiger partial charge in [-0.1, -0.05) is 6.92 Å². The van der Waals surface area contributed by atoms with E-state index in [1.165, 1.54) is 12.8 Å². The van der Waals surface area contributed by atoms with Crippen LogP contribution in [-0.2, 0) is 0 Å². The minimum Gasteiger partial charge on any atom is -0.481 e. The van der Waals surface area contributed by atoms with Crippen molar-refractivity contribution >= 4 is 5.69 Å². The van der Waals surface area contributed by atoms with Crippen molar-refractivity contribution in [2.45, 2.75) is 19.8 Å². The Morgan fingerprint density at radius 3 is 2.94 bits per heavy atom. The number of methoxy groups -OCH3 is 1. The van der Waals surface area contributed by atoms with Crippen LogP contribution < -0.4 is 15.4 Å². The number of piperidine rings is 1. The smallest absolute Gasteiger partial charge is 0.214 e. The highest BCUT2D eigenvalue weighted by atomic mass is 16.5. The molecular weight excluding hydrogens is 214 g/mol. The van der Waals surface area contributed by atoms with Crippen LogP contribution in [0.1, 0.15) is 19.8 Å². The van der Waals surface area contributed by atoms with E-state index < -0.39 is 0 Å². The summed E-state index contributed by atoms with van der Waals surface area (Å²) in [5.74, 6) is 0.658. The summed E-state index contributed by atoms with van der Waals surface area (Å²) >= 11 is 0. The van der Waals surface area contributed by atoms with Gasteiger partial charge in [-0.15, -0.1) is 0 Å². The molecule has 0 atom stereocenters. The molecule has 0 bridgehead atoms. The molecule has 1 saturated heterocycles. The molecule has 1 fully saturated rings. The van der Waals surface area contributed by atoms with Gasteiger partial charge >= 0.3 is 0 Å². The average Bonchev–Trinajstić information content (AvgIpc) is 2.38. The van der Waals surface area contributed by atoms with Gasteiger partial charge in [0.05, 0.1) is 7.11 Å². The SMILES string of the molecule is COc1cc(NCC2(C)CCNCC2)ccn1. The first-order valence-electron chi connectivity index (χ1n) is 6.16. The molecule has 0 saturated carbocycles. The van der Waals surface area contributed by atoms with Crippen LogP contribution in [0.5, 0.6) is 5.88 Å². The topological polar surface area (TPSA) is 46.2 Å². The lowest BCUT2D eigenvalue weighted by molar-refractivity contribution is 0.247. The largest absolute Gasteiger partial charge is 0.481 e. The molecule has 0 aromatic carbocycles. The van der Waals surface area contributed by atoms with Gasteiger partial charge in [-0.2, -0.15) is 0 Å². The number of rotatable bonds is 4.